The zero-order valence-corrected chi connectivity index (χ0v) is 13.9. The summed E-state index contributed by atoms with van der Waals surface area (Å²) in [5, 5.41) is 8.89. The van der Waals surface area contributed by atoms with Gasteiger partial charge >= 0.3 is 5.97 Å². The average Bonchev–Trinajstić information content (AvgIpc) is 2.55. The number of carbonyl (C=O) groups excluding carboxylic acids is 1. The second-order valence-electron chi connectivity index (χ2n) is 5.34. The van der Waals surface area contributed by atoms with Crippen molar-refractivity contribution in [2.75, 3.05) is 33.4 Å². The van der Waals surface area contributed by atoms with E-state index in [4.69, 9.17) is 14.6 Å². The third-order valence-electron chi connectivity index (χ3n) is 3.66. The van der Waals surface area contributed by atoms with Gasteiger partial charge in [-0.25, -0.2) is 0 Å². The fraction of sp³-hybridized carbons (Fsp3) is 0.529. The summed E-state index contributed by atoms with van der Waals surface area (Å²) in [7, 11) is 1.50. The van der Waals surface area contributed by atoms with E-state index >= 15 is 0 Å². The molecule has 0 radical (unpaired) electrons. The third kappa shape index (κ3) is 6.28. The Kier molecular flexibility index (Phi) is 8.11. The van der Waals surface area contributed by atoms with E-state index in [0.29, 0.717) is 11.7 Å². The zero-order valence-electron chi connectivity index (χ0n) is 13.9. The first-order chi connectivity index (χ1) is 11.0. The number of ether oxygens (including phenoxy) is 2. The van der Waals surface area contributed by atoms with Crippen LogP contribution in [0.1, 0.15) is 31.7 Å². The molecule has 0 bridgehead atoms. The smallest absolute Gasteiger partial charge is 0.323 e. The Labute approximate surface area is 137 Å². The van der Waals surface area contributed by atoms with Crippen molar-refractivity contribution in [3.8, 4) is 5.75 Å². The van der Waals surface area contributed by atoms with Crippen molar-refractivity contribution in [1.29, 1.82) is 0 Å². The van der Waals surface area contributed by atoms with E-state index in [0.717, 1.165) is 12.0 Å². The SMILES string of the molecule is CCC(C)c1ccccc1OCC(=O)N(CCOC)CC(=O)O. The zero-order chi connectivity index (χ0) is 17.2. The van der Waals surface area contributed by atoms with Gasteiger partial charge in [0.05, 0.1) is 6.61 Å². The number of nitrogens with zero attached hydrogens (tertiary/aromatic N) is 1. The van der Waals surface area contributed by atoms with Gasteiger partial charge in [0.1, 0.15) is 12.3 Å². The van der Waals surface area contributed by atoms with Crippen molar-refractivity contribution in [2.45, 2.75) is 26.2 Å². The largest absolute Gasteiger partial charge is 0.483 e. The van der Waals surface area contributed by atoms with Crippen molar-refractivity contribution in [3.63, 3.8) is 0 Å². The molecule has 1 atom stereocenters. The summed E-state index contributed by atoms with van der Waals surface area (Å²) in [4.78, 5) is 24.3. The molecule has 1 rings (SSSR count). The second kappa shape index (κ2) is 9.84. The monoisotopic (exact) mass is 323 g/mol. The van der Waals surface area contributed by atoms with Crippen LogP contribution in [0.2, 0.25) is 0 Å². The number of rotatable bonds is 10. The molecule has 0 aliphatic heterocycles. The Morgan fingerprint density at radius 1 is 1.30 bits per heavy atom. The molecule has 6 nitrogen and oxygen atoms in total. The van der Waals surface area contributed by atoms with Gasteiger partial charge in [-0.2, -0.15) is 0 Å². The van der Waals surface area contributed by atoms with Gasteiger partial charge in [-0.15, -0.1) is 0 Å². The molecule has 6 heteroatoms. The first-order valence-corrected chi connectivity index (χ1v) is 7.69. The fourth-order valence-corrected chi connectivity index (χ4v) is 2.13. The Bertz CT molecular complexity index is 517. The van der Waals surface area contributed by atoms with E-state index in [1.807, 2.05) is 24.3 Å². The number of carbonyl (C=O) groups is 2. The van der Waals surface area contributed by atoms with Gasteiger partial charge in [-0.05, 0) is 24.0 Å². The number of amides is 1. The summed E-state index contributed by atoms with van der Waals surface area (Å²) in [6, 6.07) is 7.59. The Balaban J connectivity index is 2.71. The summed E-state index contributed by atoms with van der Waals surface area (Å²) in [5.41, 5.74) is 1.05. The minimum Gasteiger partial charge on any atom is -0.483 e. The molecule has 1 aromatic rings. The molecule has 0 saturated heterocycles. The second-order valence-corrected chi connectivity index (χ2v) is 5.34. The van der Waals surface area contributed by atoms with Crippen LogP contribution in [-0.2, 0) is 14.3 Å². The number of para-hydroxylation sites is 1. The third-order valence-corrected chi connectivity index (χ3v) is 3.66. The van der Waals surface area contributed by atoms with E-state index in [2.05, 4.69) is 13.8 Å². The molecule has 1 aromatic carbocycles. The molecule has 0 saturated carbocycles. The van der Waals surface area contributed by atoms with Crippen LogP contribution in [-0.4, -0.2) is 55.3 Å². The van der Waals surface area contributed by atoms with E-state index in [9.17, 15) is 9.59 Å². The first kappa shape index (κ1) is 19.0. The predicted molar refractivity (Wildman–Crippen MR) is 86.7 cm³/mol. The van der Waals surface area contributed by atoms with Crippen molar-refractivity contribution in [3.05, 3.63) is 29.8 Å². The number of methoxy groups -OCH3 is 1. The van der Waals surface area contributed by atoms with Gasteiger partial charge in [-0.1, -0.05) is 32.0 Å². The minimum atomic E-state index is -1.06. The molecule has 23 heavy (non-hydrogen) atoms. The number of hydrogen-bond donors (Lipinski definition) is 1. The Morgan fingerprint density at radius 3 is 2.61 bits per heavy atom. The molecule has 0 fully saturated rings. The Hall–Kier alpha value is -2.08. The summed E-state index contributed by atoms with van der Waals surface area (Å²) in [5.74, 6) is -0.444. The van der Waals surface area contributed by atoms with Crippen molar-refractivity contribution < 1.29 is 24.2 Å². The first-order valence-electron chi connectivity index (χ1n) is 7.69. The fourth-order valence-electron chi connectivity index (χ4n) is 2.13. The van der Waals surface area contributed by atoms with E-state index in [1.54, 1.807) is 0 Å². The molecule has 1 unspecified atom stereocenters. The number of aliphatic carboxylic acids is 1. The minimum absolute atomic E-state index is 0.190. The van der Waals surface area contributed by atoms with E-state index in [1.165, 1.54) is 12.0 Å². The molecule has 1 amide bonds. The lowest BCUT2D eigenvalue weighted by molar-refractivity contribution is -0.145. The highest BCUT2D eigenvalue weighted by Crippen LogP contribution is 2.28. The molecule has 0 aliphatic rings. The molecule has 0 aliphatic carbocycles. The topological polar surface area (TPSA) is 76.1 Å². The summed E-state index contributed by atoms with van der Waals surface area (Å²) < 4.78 is 10.5. The number of hydrogen-bond acceptors (Lipinski definition) is 4. The van der Waals surface area contributed by atoms with E-state index < -0.39 is 5.97 Å². The van der Waals surface area contributed by atoms with Gasteiger partial charge in [0.25, 0.3) is 5.91 Å². The summed E-state index contributed by atoms with van der Waals surface area (Å²) in [6.45, 7) is 4.13. The summed E-state index contributed by atoms with van der Waals surface area (Å²) in [6.07, 6.45) is 0.966. The number of carboxylic acids is 1. The lowest BCUT2D eigenvalue weighted by atomic mass is 9.98. The Morgan fingerprint density at radius 2 is 2.00 bits per heavy atom. The van der Waals surface area contributed by atoms with Gasteiger partial charge in [0.15, 0.2) is 6.61 Å². The lowest BCUT2D eigenvalue weighted by Gasteiger charge is -2.21. The van der Waals surface area contributed by atoms with Gasteiger partial charge in [-0.3, -0.25) is 9.59 Å². The quantitative estimate of drug-likeness (QED) is 0.714. The number of benzene rings is 1. The number of carboxylic acid groups (broad SMARTS) is 1. The molecule has 0 aromatic heterocycles. The van der Waals surface area contributed by atoms with Gasteiger partial charge < -0.3 is 19.5 Å². The van der Waals surface area contributed by atoms with Crippen LogP contribution in [0.4, 0.5) is 0 Å². The molecular formula is C17H25NO5. The van der Waals surface area contributed by atoms with Crippen LogP contribution in [0.5, 0.6) is 5.75 Å². The highest BCUT2D eigenvalue weighted by molar-refractivity contribution is 5.82. The van der Waals surface area contributed by atoms with Crippen molar-refractivity contribution in [1.82, 2.24) is 4.90 Å². The normalized spacial score (nSPS) is 11.8. The van der Waals surface area contributed by atoms with Crippen LogP contribution < -0.4 is 4.74 Å². The maximum absolute atomic E-state index is 12.2. The molecule has 1 N–H and O–H groups in total. The predicted octanol–water partition coefficient (Wildman–Crippen LogP) is 2.14. The van der Waals surface area contributed by atoms with Gasteiger partial charge in [0.2, 0.25) is 0 Å². The average molecular weight is 323 g/mol. The lowest BCUT2D eigenvalue weighted by Crippen LogP contribution is -2.40. The molecular weight excluding hydrogens is 298 g/mol. The van der Waals surface area contributed by atoms with E-state index in [-0.39, 0.29) is 32.2 Å². The van der Waals surface area contributed by atoms with Crippen LogP contribution in [0.3, 0.4) is 0 Å². The maximum Gasteiger partial charge on any atom is 0.323 e. The highest BCUT2D eigenvalue weighted by Gasteiger charge is 2.18. The van der Waals surface area contributed by atoms with Crippen LogP contribution in [0, 0.1) is 0 Å². The van der Waals surface area contributed by atoms with Crippen LogP contribution >= 0.6 is 0 Å². The highest BCUT2D eigenvalue weighted by atomic mass is 16.5. The van der Waals surface area contributed by atoms with Gasteiger partial charge in [0, 0.05) is 13.7 Å². The molecule has 0 heterocycles. The maximum atomic E-state index is 12.2. The summed E-state index contributed by atoms with van der Waals surface area (Å²) >= 11 is 0. The molecule has 0 spiro atoms. The van der Waals surface area contributed by atoms with Crippen LogP contribution in [0.15, 0.2) is 24.3 Å². The van der Waals surface area contributed by atoms with Crippen molar-refractivity contribution >= 4 is 11.9 Å². The standard InChI is InChI=1S/C17H25NO5/c1-4-13(2)14-7-5-6-8-15(14)23-12-16(19)18(9-10-22-3)11-17(20)21/h5-8,13H,4,9-12H2,1-3H3,(H,20,21). The van der Waals surface area contributed by atoms with Crippen LogP contribution in [0.25, 0.3) is 0 Å². The molecule has 128 valence electrons. The van der Waals surface area contributed by atoms with Crippen molar-refractivity contribution in [2.24, 2.45) is 0 Å².